The smallest absolute Gasteiger partial charge is 0.417 e. The van der Waals surface area contributed by atoms with Crippen molar-refractivity contribution in [3.63, 3.8) is 0 Å². The molecular formula is C22H26BrF3N2O. The maximum Gasteiger partial charge on any atom is 0.417 e. The van der Waals surface area contributed by atoms with E-state index in [1.165, 1.54) is 17.8 Å². The van der Waals surface area contributed by atoms with Gasteiger partial charge < -0.3 is 9.64 Å². The van der Waals surface area contributed by atoms with Gasteiger partial charge in [-0.3, -0.25) is 4.98 Å². The van der Waals surface area contributed by atoms with E-state index in [-0.39, 0.29) is 0 Å². The van der Waals surface area contributed by atoms with E-state index in [9.17, 15) is 13.2 Å². The van der Waals surface area contributed by atoms with Crippen molar-refractivity contribution in [1.82, 2.24) is 4.98 Å². The molecule has 2 aromatic rings. The molecule has 0 amide bonds. The van der Waals surface area contributed by atoms with Gasteiger partial charge in [0.25, 0.3) is 0 Å². The zero-order valence-corrected chi connectivity index (χ0v) is 17.9. The largest absolute Gasteiger partial charge is 0.494 e. The van der Waals surface area contributed by atoms with E-state index in [0.29, 0.717) is 11.6 Å². The molecule has 2 heterocycles. The molecule has 1 aliphatic heterocycles. The summed E-state index contributed by atoms with van der Waals surface area (Å²) in [5.74, 6) is 1.30. The van der Waals surface area contributed by atoms with Crippen molar-refractivity contribution in [2.45, 2.75) is 44.2 Å². The van der Waals surface area contributed by atoms with Crippen LogP contribution in [0.1, 0.15) is 49.1 Å². The number of rotatable bonds is 8. The van der Waals surface area contributed by atoms with Crippen molar-refractivity contribution < 1.29 is 17.9 Å². The van der Waals surface area contributed by atoms with E-state index >= 15 is 0 Å². The van der Waals surface area contributed by atoms with Crippen LogP contribution >= 0.6 is 15.9 Å². The van der Waals surface area contributed by atoms with Crippen molar-refractivity contribution in [3.05, 3.63) is 53.9 Å². The molecule has 0 saturated carbocycles. The molecule has 158 valence electrons. The third kappa shape index (κ3) is 6.36. The fraction of sp³-hybridized carbons (Fsp3) is 0.500. The Morgan fingerprint density at radius 2 is 1.76 bits per heavy atom. The Balaban J connectivity index is 1.50. The van der Waals surface area contributed by atoms with Crippen LogP contribution in [0.5, 0.6) is 5.75 Å². The fourth-order valence-electron chi connectivity index (χ4n) is 3.63. The number of alkyl halides is 4. The fourth-order valence-corrected chi connectivity index (χ4v) is 4.02. The molecule has 3 nitrogen and oxygen atoms in total. The monoisotopic (exact) mass is 470 g/mol. The highest BCUT2D eigenvalue weighted by molar-refractivity contribution is 9.09. The van der Waals surface area contributed by atoms with Crippen LogP contribution in [0.3, 0.4) is 0 Å². The lowest BCUT2D eigenvalue weighted by molar-refractivity contribution is -0.137. The van der Waals surface area contributed by atoms with Crippen molar-refractivity contribution in [2.75, 3.05) is 29.9 Å². The van der Waals surface area contributed by atoms with Crippen LogP contribution in [-0.4, -0.2) is 30.0 Å². The van der Waals surface area contributed by atoms with E-state index in [2.05, 4.69) is 33.0 Å². The van der Waals surface area contributed by atoms with Gasteiger partial charge in [0.2, 0.25) is 0 Å². The maximum absolute atomic E-state index is 12.9. The first-order chi connectivity index (χ1) is 14.0. The number of hydrogen-bond acceptors (Lipinski definition) is 3. The van der Waals surface area contributed by atoms with Gasteiger partial charge in [-0.15, -0.1) is 0 Å². The van der Waals surface area contributed by atoms with Crippen LogP contribution in [0.25, 0.3) is 0 Å². The van der Waals surface area contributed by atoms with Gasteiger partial charge >= 0.3 is 6.18 Å². The number of anilines is 1. The summed E-state index contributed by atoms with van der Waals surface area (Å²) in [5, 5.41) is 1.03. The molecule has 0 unspecified atom stereocenters. The van der Waals surface area contributed by atoms with Crippen LogP contribution in [-0.2, 0) is 6.18 Å². The Hall–Kier alpha value is -1.76. The van der Waals surface area contributed by atoms with Crippen LogP contribution in [0.4, 0.5) is 18.9 Å². The van der Waals surface area contributed by atoms with Gasteiger partial charge in [-0.25, -0.2) is 0 Å². The zero-order valence-electron chi connectivity index (χ0n) is 16.3. The Morgan fingerprint density at radius 1 is 1.03 bits per heavy atom. The summed E-state index contributed by atoms with van der Waals surface area (Å²) in [6, 6.07) is 9.45. The molecule has 1 aliphatic rings. The minimum Gasteiger partial charge on any atom is -0.494 e. The zero-order chi connectivity index (χ0) is 20.7. The molecule has 3 rings (SSSR count). The maximum atomic E-state index is 12.9. The molecule has 0 atom stereocenters. The molecule has 1 fully saturated rings. The van der Waals surface area contributed by atoms with E-state index in [1.807, 2.05) is 17.0 Å². The number of aromatic nitrogens is 1. The normalized spacial score (nSPS) is 15.5. The number of nitrogens with zero attached hydrogens (tertiary/aromatic N) is 2. The molecule has 0 N–H and O–H groups in total. The lowest BCUT2D eigenvalue weighted by Gasteiger charge is -2.34. The van der Waals surface area contributed by atoms with Crippen LogP contribution in [0.15, 0.2) is 42.7 Å². The molecule has 1 aromatic carbocycles. The topological polar surface area (TPSA) is 25.4 Å². The summed E-state index contributed by atoms with van der Waals surface area (Å²) in [6.45, 7) is 2.18. The Labute approximate surface area is 178 Å². The number of pyridine rings is 1. The van der Waals surface area contributed by atoms with Gasteiger partial charge in [0.15, 0.2) is 0 Å². The third-order valence-corrected chi connectivity index (χ3v) is 5.87. The quantitative estimate of drug-likeness (QED) is 0.328. The van der Waals surface area contributed by atoms with Crippen LogP contribution < -0.4 is 9.64 Å². The lowest BCUT2D eigenvalue weighted by atomic mass is 9.89. The first-order valence-electron chi connectivity index (χ1n) is 10.0. The predicted octanol–water partition coefficient (Wildman–Crippen LogP) is 6.43. The Morgan fingerprint density at radius 3 is 2.41 bits per heavy atom. The minimum atomic E-state index is -4.36. The summed E-state index contributed by atoms with van der Waals surface area (Å²) in [6.07, 6.45) is 3.21. The first-order valence-corrected chi connectivity index (χ1v) is 11.2. The predicted molar refractivity (Wildman–Crippen MR) is 113 cm³/mol. The second-order valence-electron chi connectivity index (χ2n) is 7.36. The van der Waals surface area contributed by atoms with Gasteiger partial charge in [0, 0.05) is 24.6 Å². The highest BCUT2D eigenvalue weighted by atomic mass is 79.9. The lowest BCUT2D eigenvalue weighted by Crippen LogP contribution is -2.33. The van der Waals surface area contributed by atoms with Crippen molar-refractivity contribution in [1.29, 1.82) is 0 Å². The molecule has 0 aliphatic carbocycles. The average Bonchev–Trinajstić information content (AvgIpc) is 2.74. The first kappa shape index (κ1) is 21.9. The Kier molecular flexibility index (Phi) is 7.81. The average molecular weight is 471 g/mol. The molecule has 0 spiro atoms. The van der Waals surface area contributed by atoms with Crippen LogP contribution in [0.2, 0.25) is 0 Å². The second kappa shape index (κ2) is 10.3. The molecule has 0 bridgehead atoms. The van der Waals surface area contributed by atoms with Gasteiger partial charge in [-0.05, 0) is 61.8 Å². The van der Waals surface area contributed by atoms with E-state index in [0.717, 1.165) is 69.1 Å². The van der Waals surface area contributed by atoms with E-state index < -0.39 is 11.7 Å². The highest BCUT2D eigenvalue weighted by Gasteiger charge is 2.32. The Bertz CT molecular complexity index is 759. The van der Waals surface area contributed by atoms with Crippen molar-refractivity contribution in [2.24, 2.45) is 0 Å². The SMILES string of the molecule is FC(F)(F)c1cncc(N2CCC(c3ccc(OCCCCCBr)cc3)CC2)c1. The number of ether oxygens (including phenoxy) is 1. The van der Waals surface area contributed by atoms with Crippen molar-refractivity contribution >= 4 is 21.6 Å². The molecule has 0 radical (unpaired) electrons. The summed E-state index contributed by atoms with van der Waals surface area (Å²) in [5.41, 5.74) is 1.11. The number of unbranched alkanes of at least 4 members (excludes halogenated alkanes) is 2. The van der Waals surface area contributed by atoms with Gasteiger partial charge in [-0.1, -0.05) is 28.1 Å². The second-order valence-corrected chi connectivity index (χ2v) is 8.15. The molecular weight excluding hydrogens is 445 g/mol. The standard InChI is InChI=1S/C22H26BrF3N2O/c23-10-2-1-3-13-29-21-6-4-17(5-7-21)18-8-11-28(12-9-18)20-14-19(15-27-16-20)22(24,25)26/h4-7,14-16,18H,1-3,8-13H2. The summed E-state index contributed by atoms with van der Waals surface area (Å²) >= 11 is 3.43. The third-order valence-electron chi connectivity index (χ3n) is 5.31. The van der Waals surface area contributed by atoms with E-state index in [4.69, 9.17) is 4.74 Å². The molecule has 29 heavy (non-hydrogen) atoms. The number of hydrogen-bond donors (Lipinski definition) is 0. The van der Waals surface area contributed by atoms with Crippen LogP contribution in [0, 0.1) is 0 Å². The van der Waals surface area contributed by atoms with Gasteiger partial charge in [0.05, 0.1) is 24.1 Å². The van der Waals surface area contributed by atoms with Gasteiger partial charge in [0.1, 0.15) is 5.75 Å². The summed E-state index contributed by atoms with van der Waals surface area (Å²) < 4.78 is 44.5. The molecule has 1 saturated heterocycles. The summed E-state index contributed by atoms with van der Waals surface area (Å²) in [7, 11) is 0. The number of halogens is 4. The van der Waals surface area contributed by atoms with E-state index in [1.54, 1.807) is 0 Å². The highest BCUT2D eigenvalue weighted by Crippen LogP contribution is 2.34. The van der Waals surface area contributed by atoms with Crippen molar-refractivity contribution in [3.8, 4) is 5.75 Å². The molecule has 7 heteroatoms. The summed E-state index contributed by atoms with van der Waals surface area (Å²) in [4.78, 5) is 5.77. The number of piperidine rings is 1. The number of benzene rings is 1. The molecule has 1 aromatic heterocycles. The minimum absolute atomic E-state index is 0.415. The van der Waals surface area contributed by atoms with Gasteiger partial charge in [-0.2, -0.15) is 13.2 Å².